The van der Waals surface area contributed by atoms with E-state index >= 15 is 0 Å². The molecule has 0 aromatic heterocycles. The molecule has 1 aliphatic heterocycles. The zero-order chi connectivity index (χ0) is 16.7. The van der Waals surface area contributed by atoms with Gasteiger partial charge in [-0.15, -0.1) is 23.5 Å². The molecule has 7 heteroatoms. The molecule has 0 spiro atoms. The maximum atomic E-state index is 12.0. The van der Waals surface area contributed by atoms with Gasteiger partial charge in [0.2, 0.25) is 0 Å². The van der Waals surface area contributed by atoms with Gasteiger partial charge >= 0.3 is 5.97 Å². The fourth-order valence-corrected chi connectivity index (χ4v) is 4.85. The van der Waals surface area contributed by atoms with E-state index in [-0.39, 0.29) is 18.9 Å². The molecule has 2 rings (SSSR count). The maximum absolute atomic E-state index is 12.0. The van der Waals surface area contributed by atoms with Crippen LogP contribution in [-0.2, 0) is 9.53 Å². The smallest absolute Gasteiger partial charge is 0.338 e. The Balaban J connectivity index is 1.83. The Bertz CT molecular complexity index is 592. The van der Waals surface area contributed by atoms with Crippen LogP contribution in [0.4, 0.5) is 0 Å². The van der Waals surface area contributed by atoms with Crippen LogP contribution >= 0.6 is 23.5 Å². The minimum Gasteiger partial charge on any atom is -0.452 e. The number of thioether (sulfide) groups is 2. The normalized spacial score (nSPS) is 14.3. The molecule has 1 amide bonds. The van der Waals surface area contributed by atoms with Crippen molar-refractivity contribution in [2.45, 2.75) is 11.0 Å². The second-order valence-corrected chi connectivity index (χ2v) is 7.72. The summed E-state index contributed by atoms with van der Waals surface area (Å²) in [6.45, 7) is 0.0230. The van der Waals surface area contributed by atoms with Crippen molar-refractivity contribution < 1.29 is 14.3 Å². The van der Waals surface area contributed by atoms with E-state index < -0.39 is 5.97 Å². The van der Waals surface area contributed by atoms with Gasteiger partial charge < -0.3 is 9.64 Å². The van der Waals surface area contributed by atoms with Gasteiger partial charge in [0.05, 0.1) is 22.6 Å². The molecule has 5 nitrogen and oxygen atoms in total. The Hall–Kier alpha value is -1.65. The number of hydrogen-bond donors (Lipinski definition) is 0. The van der Waals surface area contributed by atoms with Crippen LogP contribution in [0.1, 0.15) is 26.9 Å². The maximum Gasteiger partial charge on any atom is 0.338 e. The molecule has 0 N–H and O–H groups in total. The minimum absolute atomic E-state index is 0.259. The molecule has 0 unspecified atom stereocenters. The van der Waals surface area contributed by atoms with Crippen molar-refractivity contribution in [3.63, 3.8) is 0 Å². The van der Waals surface area contributed by atoms with E-state index in [0.717, 1.165) is 11.5 Å². The predicted molar refractivity (Wildman–Crippen MR) is 92.2 cm³/mol. The minimum atomic E-state index is -0.509. The van der Waals surface area contributed by atoms with Crippen LogP contribution < -0.4 is 0 Å². The molecular formula is C16H18N2O3S2. The number of nitrogens with zero attached hydrogens (tertiary/aromatic N) is 2. The van der Waals surface area contributed by atoms with Gasteiger partial charge in [-0.2, -0.15) is 5.26 Å². The first-order valence-corrected chi connectivity index (χ1v) is 9.33. The number of carbonyl (C=O) groups is 2. The largest absolute Gasteiger partial charge is 0.452 e. The zero-order valence-electron chi connectivity index (χ0n) is 12.9. The fraction of sp³-hybridized carbons (Fsp3) is 0.438. The molecule has 0 radical (unpaired) electrons. The van der Waals surface area contributed by atoms with Crippen molar-refractivity contribution in [1.29, 1.82) is 5.26 Å². The predicted octanol–water partition coefficient (Wildman–Crippen LogP) is 2.69. The van der Waals surface area contributed by atoms with Crippen molar-refractivity contribution in [1.82, 2.24) is 4.90 Å². The van der Waals surface area contributed by atoms with Gasteiger partial charge in [-0.25, -0.2) is 4.79 Å². The van der Waals surface area contributed by atoms with Gasteiger partial charge in [0, 0.05) is 25.1 Å². The highest BCUT2D eigenvalue weighted by molar-refractivity contribution is 8.19. The van der Waals surface area contributed by atoms with Gasteiger partial charge in [-0.05, 0) is 17.7 Å². The highest BCUT2D eigenvalue weighted by Gasteiger charge is 2.19. The lowest BCUT2D eigenvalue weighted by Gasteiger charge is -2.15. The van der Waals surface area contributed by atoms with E-state index in [0.29, 0.717) is 16.7 Å². The number of nitriles is 1. The molecule has 122 valence electrons. The van der Waals surface area contributed by atoms with Gasteiger partial charge in [-0.1, -0.05) is 12.1 Å². The Morgan fingerprint density at radius 3 is 2.57 bits per heavy atom. The van der Waals surface area contributed by atoms with Gasteiger partial charge in [0.15, 0.2) is 6.61 Å². The zero-order valence-corrected chi connectivity index (χ0v) is 14.5. The number of likely N-dealkylation sites (N-methyl/N-ethyl adjacent to an activating group) is 1. The summed E-state index contributed by atoms with van der Waals surface area (Å²) in [6, 6.07) is 9.32. The van der Waals surface area contributed by atoms with Crippen LogP contribution in [-0.4, -0.2) is 48.5 Å². The molecule has 1 aromatic carbocycles. The van der Waals surface area contributed by atoms with E-state index in [9.17, 15) is 9.59 Å². The molecule has 0 saturated carbocycles. The van der Waals surface area contributed by atoms with Crippen LogP contribution in [0.25, 0.3) is 0 Å². The van der Waals surface area contributed by atoms with Crippen LogP contribution in [0.5, 0.6) is 0 Å². The van der Waals surface area contributed by atoms with Gasteiger partial charge in [0.25, 0.3) is 5.91 Å². The quantitative estimate of drug-likeness (QED) is 0.735. The third kappa shape index (κ3) is 5.19. The topological polar surface area (TPSA) is 70.4 Å². The lowest BCUT2D eigenvalue weighted by atomic mass is 10.1. The Morgan fingerprint density at radius 2 is 1.96 bits per heavy atom. The number of amides is 1. The van der Waals surface area contributed by atoms with Crippen LogP contribution in [0.15, 0.2) is 24.3 Å². The summed E-state index contributed by atoms with van der Waals surface area (Å²) < 4.78 is 5.47. The molecule has 1 heterocycles. The molecule has 0 aliphatic carbocycles. The first-order valence-electron chi connectivity index (χ1n) is 7.23. The summed E-state index contributed by atoms with van der Waals surface area (Å²) in [6.07, 6.45) is 0.259. The molecule has 1 aromatic rings. The van der Waals surface area contributed by atoms with Crippen molar-refractivity contribution in [3.8, 4) is 6.07 Å². The van der Waals surface area contributed by atoms with E-state index in [1.165, 1.54) is 10.5 Å². The highest BCUT2D eigenvalue weighted by Crippen LogP contribution is 2.45. The standard InChI is InChI=1S/C16H18N2O3S2/c1-18(8-2-7-17)14(19)11-21-15(20)12-3-5-13(6-4-12)16-22-9-10-23-16/h3-6,16H,2,8-11H2,1H3. The van der Waals surface area contributed by atoms with E-state index in [1.54, 1.807) is 19.2 Å². The fourth-order valence-electron chi connectivity index (χ4n) is 1.99. The van der Waals surface area contributed by atoms with Crippen LogP contribution in [0.2, 0.25) is 0 Å². The molecule has 23 heavy (non-hydrogen) atoms. The molecular weight excluding hydrogens is 332 g/mol. The molecule has 1 saturated heterocycles. The summed E-state index contributed by atoms with van der Waals surface area (Å²) in [5, 5.41) is 8.49. The molecule has 0 bridgehead atoms. The molecule has 1 aliphatic rings. The van der Waals surface area contributed by atoms with E-state index in [1.807, 2.05) is 41.7 Å². The Kier molecular flexibility index (Phi) is 6.81. The number of esters is 1. The summed E-state index contributed by atoms with van der Waals surface area (Å²) in [5.74, 6) is 1.48. The molecule has 0 atom stereocenters. The average Bonchev–Trinajstić information content (AvgIpc) is 3.11. The summed E-state index contributed by atoms with van der Waals surface area (Å²) in [5.41, 5.74) is 1.63. The van der Waals surface area contributed by atoms with E-state index in [2.05, 4.69) is 0 Å². The first-order chi connectivity index (χ1) is 11.1. The summed E-state index contributed by atoms with van der Waals surface area (Å²) in [4.78, 5) is 25.1. The highest BCUT2D eigenvalue weighted by atomic mass is 32.2. The van der Waals surface area contributed by atoms with E-state index in [4.69, 9.17) is 10.00 Å². The van der Waals surface area contributed by atoms with Crippen molar-refractivity contribution in [3.05, 3.63) is 35.4 Å². The summed E-state index contributed by atoms with van der Waals surface area (Å²) >= 11 is 3.81. The van der Waals surface area contributed by atoms with Crippen molar-refractivity contribution in [2.24, 2.45) is 0 Å². The average molecular weight is 350 g/mol. The number of rotatable bonds is 6. The number of ether oxygens (including phenoxy) is 1. The monoisotopic (exact) mass is 350 g/mol. The number of carbonyl (C=O) groups excluding carboxylic acids is 2. The van der Waals surface area contributed by atoms with Crippen molar-refractivity contribution in [2.75, 3.05) is 31.7 Å². The Labute approximate surface area is 144 Å². The Morgan fingerprint density at radius 1 is 1.30 bits per heavy atom. The number of hydrogen-bond acceptors (Lipinski definition) is 6. The van der Waals surface area contributed by atoms with Crippen LogP contribution in [0.3, 0.4) is 0 Å². The number of benzene rings is 1. The van der Waals surface area contributed by atoms with Crippen LogP contribution in [0, 0.1) is 11.3 Å². The second-order valence-electron chi connectivity index (χ2n) is 5.00. The summed E-state index contributed by atoms with van der Waals surface area (Å²) in [7, 11) is 1.58. The van der Waals surface area contributed by atoms with Crippen molar-refractivity contribution >= 4 is 35.4 Å². The van der Waals surface area contributed by atoms with Gasteiger partial charge in [0.1, 0.15) is 0 Å². The first kappa shape index (κ1) is 17.7. The molecule has 1 fully saturated rings. The third-order valence-corrected chi connectivity index (χ3v) is 6.46. The third-order valence-electron chi connectivity index (χ3n) is 3.35. The van der Waals surface area contributed by atoms with Gasteiger partial charge in [-0.3, -0.25) is 4.79 Å². The lowest BCUT2D eigenvalue weighted by Crippen LogP contribution is -2.31. The lowest BCUT2D eigenvalue weighted by molar-refractivity contribution is -0.133. The SMILES string of the molecule is CN(CCC#N)C(=O)COC(=O)c1ccc(C2SCCS2)cc1. The second kappa shape index (κ2) is 8.85.